The van der Waals surface area contributed by atoms with Gasteiger partial charge in [-0.15, -0.1) is 0 Å². The maximum atomic E-state index is 11.0. The quantitative estimate of drug-likeness (QED) is 0.296. The van der Waals surface area contributed by atoms with E-state index < -0.39 is 18.0 Å². The molecule has 0 unspecified atom stereocenters. The Morgan fingerprint density at radius 2 is 1.56 bits per heavy atom. The van der Waals surface area contributed by atoms with E-state index in [4.69, 9.17) is 9.47 Å². The van der Waals surface area contributed by atoms with E-state index >= 15 is 0 Å². The van der Waals surface area contributed by atoms with E-state index in [1.54, 1.807) is 14.1 Å². The smallest absolute Gasteiger partial charge is 0.409 e. The van der Waals surface area contributed by atoms with Gasteiger partial charge in [0.2, 0.25) is 0 Å². The minimum absolute atomic E-state index is 0.102. The second-order valence-electron chi connectivity index (χ2n) is 3.39. The molecule has 0 saturated heterocycles. The highest BCUT2D eigenvalue weighted by atomic mass is 16.6. The third kappa shape index (κ3) is 8.14. The topological polar surface area (TPSA) is 82.1 Å². The first-order valence-corrected chi connectivity index (χ1v) is 5.24. The predicted molar refractivity (Wildman–Crippen MR) is 61.8 cm³/mol. The second-order valence-corrected chi connectivity index (χ2v) is 3.39. The third-order valence-electron chi connectivity index (χ3n) is 1.68. The largest absolute Gasteiger partial charge is 0.466 e. The van der Waals surface area contributed by atoms with Gasteiger partial charge in [0, 0.05) is 32.7 Å². The SMILES string of the molecule is COC(=O)/C=C/C(=O)OCCCOC(=O)N(C)C. The number of esters is 2. The average molecular weight is 259 g/mol. The maximum absolute atomic E-state index is 11.0. The molecule has 0 heterocycles. The van der Waals surface area contributed by atoms with Gasteiger partial charge in [-0.1, -0.05) is 0 Å². The van der Waals surface area contributed by atoms with Crippen LogP contribution in [0.1, 0.15) is 6.42 Å². The number of carbonyl (C=O) groups is 3. The molecule has 0 bridgehead atoms. The Labute approximate surface area is 105 Å². The summed E-state index contributed by atoms with van der Waals surface area (Å²) >= 11 is 0. The van der Waals surface area contributed by atoms with Crippen LogP contribution in [-0.4, -0.2) is 57.4 Å². The molecule has 0 aromatic rings. The Kier molecular flexibility index (Phi) is 8.00. The highest BCUT2D eigenvalue weighted by Crippen LogP contribution is 1.91. The second kappa shape index (κ2) is 9.03. The van der Waals surface area contributed by atoms with E-state index in [9.17, 15) is 14.4 Å². The van der Waals surface area contributed by atoms with Crippen molar-refractivity contribution in [3.05, 3.63) is 12.2 Å². The summed E-state index contributed by atoms with van der Waals surface area (Å²) in [4.78, 5) is 34.0. The molecule has 0 rings (SSSR count). The number of hydrogen-bond acceptors (Lipinski definition) is 6. The average Bonchev–Trinajstić information content (AvgIpc) is 2.34. The van der Waals surface area contributed by atoms with E-state index in [2.05, 4.69) is 4.74 Å². The molecule has 0 N–H and O–H groups in total. The fourth-order valence-corrected chi connectivity index (χ4v) is 0.773. The van der Waals surface area contributed by atoms with Gasteiger partial charge in [0.1, 0.15) is 0 Å². The first kappa shape index (κ1) is 16.0. The molecule has 7 heteroatoms. The fraction of sp³-hybridized carbons (Fsp3) is 0.545. The summed E-state index contributed by atoms with van der Waals surface area (Å²) in [6, 6.07) is 0. The molecule has 0 radical (unpaired) electrons. The van der Waals surface area contributed by atoms with Crippen LogP contribution in [0, 0.1) is 0 Å². The summed E-state index contributed by atoms with van der Waals surface area (Å²) in [5.74, 6) is -1.29. The molecule has 0 aromatic heterocycles. The van der Waals surface area contributed by atoms with Crippen molar-refractivity contribution in [3.63, 3.8) is 0 Å². The van der Waals surface area contributed by atoms with Crippen LogP contribution in [0.2, 0.25) is 0 Å². The van der Waals surface area contributed by atoms with Crippen molar-refractivity contribution < 1.29 is 28.6 Å². The third-order valence-corrected chi connectivity index (χ3v) is 1.68. The molecule has 0 atom stereocenters. The van der Waals surface area contributed by atoms with Crippen molar-refractivity contribution >= 4 is 18.0 Å². The molecule has 102 valence electrons. The summed E-state index contributed by atoms with van der Waals surface area (Å²) in [5, 5.41) is 0. The maximum Gasteiger partial charge on any atom is 0.409 e. The molecular weight excluding hydrogens is 242 g/mol. The van der Waals surface area contributed by atoms with E-state index in [0.717, 1.165) is 12.2 Å². The van der Waals surface area contributed by atoms with Gasteiger partial charge < -0.3 is 19.1 Å². The fourth-order valence-electron chi connectivity index (χ4n) is 0.773. The van der Waals surface area contributed by atoms with E-state index in [1.807, 2.05) is 0 Å². The zero-order valence-electron chi connectivity index (χ0n) is 10.7. The van der Waals surface area contributed by atoms with E-state index in [-0.39, 0.29) is 13.2 Å². The van der Waals surface area contributed by atoms with Gasteiger partial charge in [-0.3, -0.25) is 0 Å². The number of ether oxygens (including phenoxy) is 3. The van der Waals surface area contributed by atoms with Crippen LogP contribution in [0.15, 0.2) is 12.2 Å². The summed E-state index contributed by atoms with van der Waals surface area (Å²) in [7, 11) is 4.34. The van der Waals surface area contributed by atoms with E-state index in [1.165, 1.54) is 12.0 Å². The summed E-state index contributed by atoms with van der Waals surface area (Å²) in [6.45, 7) is 0.260. The first-order valence-electron chi connectivity index (χ1n) is 5.24. The van der Waals surface area contributed by atoms with Gasteiger partial charge in [-0.05, 0) is 0 Å². The van der Waals surface area contributed by atoms with Crippen LogP contribution in [0.5, 0.6) is 0 Å². The number of hydrogen-bond donors (Lipinski definition) is 0. The Balaban J connectivity index is 3.61. The van der Waals surface area contributed by atoms with Crippen LogP contribution < -0.4 is 0 Å². The van der Waals surface area contributed by atoms with E-state index in [0.29, 0.717) is 6.42 Å². The first-order chi connectivity index (χ1) is 8.47. The summed E-state index contributed by atoms with van der Waals surface area (Å²) in [6.07, 6.45) is 1.87. The summed E-state index contributed by atoms with van der Waals surface area (Å²) in [5.41, 5.74) is 0. The molecule has 0 aliphatic rings. The minimum Gasteiger partial charge on any atom is -0.466 e. The Hall–Kier alpha value is -2.05. The van der Waals surface area contributed by atoms with Gasteiger partial charge in [0.05, 0.1) is 20.3 Å². The predicted octanol–water partition coefficient (Wildman–Crippen LogP) is 0.347. The molecule has 0 spiro atoms. The number of carbonyl (C=O) groups excluding carboxylic acids is 3. The Morgan fingerprint density at radius 1 is 1.00 bits per heavy atom. The van der Waals surface area contributed by atoms with Crippen LogP contribution in [0.4, 0.5) is 4.79 Å². The normalized spacial score (nSPS) is 9.94. The molecule has 0 aliphatic heterocycles. The number of methoxy groups -OCH3 is 1. The van der Waals surface area contributed by atoms with Crippen LogP contribution in [0.25, 0.3) is 0 Å². The molecule has 1 amide bonds. The molecule has 0 aromatic carbocycles. The highest BCUT2D eigenvalue weighted by molar-refractivity contribution is 5.91. The number of nitrogens with zero attached hydrogens (tertiary/aromatic N) is 1. The zero-order chi connectivity index (χ0) is 14.0. The monoisotopic (exact) mass is 259 g/mol. The van der Waals surface area contributed by atoms with Crippen molar-refractivity contribution in [1.82, 2.24) is 4.90 Å². The van der Waals surface area contributed by atoms with Crippen molar-refractivity contribution in [2.75, 3.05) is 34.4 Å². The Morgan fingerprint density at radius 3 is 2.11 bits per heavy atom. The Bertz CT molecular complexity index is 323. The minimum atomic E-state index is -0.653. The molecular formula is C11H17NO6. The van der Waals surface area contributed by atoms with Crippen molar-refractivity contribution in [2.24, 2.45) is 0 Å². The van der Waals surface area contributed by atoms with Gasteiger partial charge in [0.15, 0.2) is 0 Å². The number of rotatable bonds is 6. The van der Waals surface area contributed by atoms with Crippen LogP contribution >= 0.6 is 0 Å². The van der Waals surface area contributed by atoms with Gasteiger partial charge in [-0.25, -0.2) is 14.4 Å². The zero-order valence-corrected chi connectivity index (χ0v) is 10.7. The molecule has 0 fully saturated rings. The van der Waals surface area contributed by atoms with Crippen LogP contribution in [0.3, 0.4) is 0 Å². The molecule has 7 nitrogen and oxygen atoms in total. The standard InChI is InChI=1S/C11H17NO6/c1-12(2)11(15)18-8-4-7-17-10(14)6-5-9(13)16-3/h5-6H,4,7-8H2,1-3H3/b6-5+. The lowest BCUT2D eigenvalue weighted by Gasteiger charge is -2.10. The lowest BCUT2D eigenvalue weighted by atomic mass is 10.4. The van der Waals surface area contributed by atoms with Gasteiger partial charge in [0.25, 0.3) is 0 Å². The lowest BCUT2D eigenvalue weighted by Crippen LogP contribution is -2.23. The lowest BCUT2D eigenvalue weighted by molar-refractivity contribution is -0.139. The molecule has 0 aliphatic carbocycles. The van der Waals surface area contributed by atoms with Crippen LogP contribution in [-0.2, 0) is 23.8 Å². The van der Waals surface area contributed by atoms with Gasteiger partial charge in [-0.2, -0.15) is 0 Å². The van der Waals surface area contributed by atoms with Gasteiger partial charge >= 0.3 is 18.0 Å². The molecule has 0 saturated carbocycles. The van der Waals surface area contributed by atoms with Crippen molar-refractivity contribution in [3.8, 4) is 0 Å². The summed E-state index contributed by atoms with van der Waals surface area (Å²) < 4.78 is 13.8. The van der Waals surface area contributed by atoms with Crippen molar-refractivity contribution in [1.29, 1.82) is 0 Å². The van der Waals surface area contributed by atoms with Crippen molar-refractivity contribution in [2.45, 2.75) is 6.42 Å². The number of amides is 1. The molecule has 18 heavy (non-hydrogen) atoms. The highest BCUT2D eigenvalue weighted by Gasteiger charge is 2.04.